The van der Waals surface area contributed by atoms with Gasteiger partial charge in [-0.2, -0.15) is 0 Å². The number of carbonyl (C=O) groups excluding carboxylic acids is 1. The van der Waals surface area contributed by atoms with E-state index in [1.165, 1.54) is 4.47 Å². The fourth-order valence-corrected chi connectivity index (χ4v) is 11.0. The molecule has 3 aliphatic rings. The first-order valence-electron chi connectivity index (χ1n) is 13.2. The Labute approximate surface area is 250 Å². The zero-order valence-corrected chi connectivity index (χ0v) is 30.3. The number of hydrogen-bond acceptors (Lipinski definition) is 3. The first-order chi connectivity index (χ1) is 17.1. The molecule has 0 aromatic carbocycles. The van der Waals surface area contributed by atoms with Crippen molar-refractivity contribution in [2.24, 2.45) is 16.6 Å². The van der Waals surface area contributed by atoms with Crippen LogP contribution in [-0.2, 0) is 9.53 Å². The van der Waals surface area contributed by atoms with Crippen molar-refractivity contribution >= 4 is 50.7 Å². The summed E-state index contributed by atoms with van der Waals surface area (Å²) in [6.07, 6.45) is 12.8. The summed E-state index contributed by atoms with van der Waals surface area (Å²) in [6.45, 7) is 27.2. The Morgan fingerprint density at radius 3 is 1.79 bits per heavy atom. The summed E-state index contributed by atoms with van der Waals surface area (Å²) in [5, 5.41) is 0. The summed E-state index contributed by atoms with van der Waals surface area (Å²) >= 11 is 0.757. The van der Waals surface area contributed by atoms with Crippen LogP contribution in [-0.4, -0.2) is 50.7 Å². The summed E-state index contributed by atoms with van der Waals surface area (Å²) in [5.74, 6) is 0.0315. The zero-order chi connectivity index (χ0) is 28.8. The van der Waals surface area contributed by atoms with Crippen molar-refractivity contribution < 1.29 is 9.53 Å². The van der Waals surface area contributed by atoms with E-state index in [9.17, 15) is 4.79 Å². The van der Waals surface area contributed by atoms with Gasteiger partial charge in [0.1, 0.15) is 0 Å². The van der Waals surface area contributed by atoms with Crippen molar-refractivity contribution in [3.8, 4) is 0 Å². The van der Waals surface area contributed by atoms with Gasteiger partial charge in [-0.25, -0.2) is 0 Å². The van der Waals surface area contributed by atoms with E-state index < -0.39 is 0 Å². The van der Waals surface area contributed by atoms with Crippen LogP contribution in [0.25, 0.3) is 0 Å². The number of ketones is 1. The van der Waals surface area contributed by atoms with Gasteiger partial charge >= 0.3 is 252 Å². The third-order valence-corrected chi connectivity index (χ3v) is 14.4. The van der Waals surface area contributed by atoms with Crippen LogP contribution in [0.15, 0.2) is 78.2 Å². The molecule has 0 amide bonds. The predicted molar refractivity (Wildman–Crippen MR) is 165 cm³/mol. The van der Waals surface area contributed by atoms with Crippen LogP contribution in [0.1, 0.15) is 83.1 Å². The minimum absolute atomic E-state index is 0.0315. The second kappa shape index (κ2) is 11.1. The topological polar surface area (TPSA) is 52.3 Å². The molecule has 2 heterocycles. The molecule has 0 saturated carbocycles. The molecule has 0 aromatic heterocycles. The van der Waals surface area contributed by atoms with Crippen LogP contribution in [0.5, 0.6) is 0 Å². The van der Waals surface area contributed by atoms with Crippen molar-refractivity contribution in [1.82, 2.24) is 0 Å². The third-order valence-electron chi connectivity index (χ3n) is 5.76. The normalized spacial score (nSPS) is 22.4. The Morgan fingerprint density at radius 2 is 1.37 bits per heavy atom. The molecule has 2 aliphatic heterocycles. The Bertz CT molecular complexity index is 1180. The second-order valence-electron chi connectivity index (χ2n) is 14.1. The van der Waals surface area contributed by atoms with Gasteiger partial charge in [0.2, 0.25) is 0 Å². The van der Waals surface area contributed by atoms with E-state index >= 15 is 0 Å². The third kappa shape index (κ3) is 8.50. The van der Waals surface area contributed by atoms with Crippen molar-refractivity contribution in [2.75, 3.05) is 0 Å². The maximum atomic E-state index is 13.3. The molecule has 0 bridgehead atoms. The molecule has 2 N–H and O–H groups in total. The molecule has 0 radical (unpaired) electrons. The van der Waals surface area contributed by atoms with Gasteiger partial charge in [0.15, 0.2) is 0 Å². The number of allylic oxidation sites excluding steroid dienone is 11. The van der Waals surface area contributed by atoms with E-state index in [1.54, 1.807) is 0 Å². The van der Waals surface area contributed by atoms with Gasteiger partial charge in [-0.05, 0) is 0 Å². The first-order valence-corrected chi connectivity index (χ1v) is 18.5. The molecule has 1 aliphatic carbocycles. The second-order valence-corrected chi connectivity index (χ2v) is 24.3. The molecule has 0 saturated heterocycles. The first kappa shape index (κ1) is 31.5. The maximum absolute atomic E-state index is 13.3. The zero-order valence-electron chi connectivity index (χ0n) is 25.2. The summed E-state index contributed by atoms with van der Waals surface area (Å²) < 4.78 is 10.2. The standard InChI is InChI=1S/C32H45NO2Se3/c1-29(2,3)23-15-19(16-24(36-23)30(4,5)6)13-21-27(33)22(28(21)34)14-20-17-25(37-31(7,8)9)35-26(18-20)38-32(10,11)12/h13-18,23H,33H2,1-12H3. The number of Topliss-reactive ketones (excluding diaryl/α,β-unsaturated/α-hetero) is 1. The minimum atomic E-state index is 0.0315. The average Bonchev–Trinajstić information content (AvgIpc) is 2.71. The molecule has 3 rings (SSSR count). The SMILES string of the molecule is CC(C)(C)[Se]C1=CC(=CC2=C(N)C(=CC3=CC(C(C)(C)C)[Se]C(C(C)(C)C)=C3)C2=O)C=C([Se]C(C)(C)C)O1. The van der Waals surface area contributed by atoms with Gasteiger partial charge in [0.25, 0.3) is 0 Å². The van der Waals surface area contributed by atoms with Crippen molar-refractivity contribution in [3.05, 3.63) is 78.2 Å². The van der Waals surface area contributed by atoms with E-state index in [1.807, 2.05) is 12.2 Å². The van der Waals surface area contributed by atoms with Gasteiger partial charge in [-0.1, -0.05) is 0 Å². The molecule has 3 nitrogen and oxygen atoms in total. The molecule has 38 heavy (non-hydrogen) atoms. The molecule has 0 aromatic rings. The summed E-state index contributed by atoms with van der Waals surface area (Å²) in [4.78, 5) is 13.8. The Hall–Kier alpha value is -0.992. The molecule has 1 unspecified atom stereocenters. The number of hydrogen-bond donors (Lipinski definition) is 1. The van der Waals surface area contributed by atoms with E-state index in [0.717, 1.165) is 20.5 Å². The summed E-state index contributed by atoms with van der Waals surface area (Å²) in [6, 6.07) is 0. The fraction of sp³-hybridized carbons (Fsp3) is 0.531. The van der Waals surface area contributed by atoms with Gasteiger partial charge < -0.3 is 0 Å². The number of carbonyl (C=O) groups is 1. The quantitative estimate of drug-likeness (QED) is 0.242. The Balaban J connectivity index is 1.98. The fourth-order valence-electron chi connectivity index (χ4n) is 3.84. The Kier molecular flexibility index (Phi) is 9.22. The monoisotopic (exact) mass is 715 g/mol. The van der Waals surface area contributed by atoms with E-state index in [2.05, 4.69) is 107 Å². The molecule has 0 spiro atoms. The van der Waals surface area contributed by atoms with Gasteiger partial charge in [-0.3, -0.25) is 0 Å². The van der Waals surface area contributed by atoms with Gasteiger partial charge in [-0.15, -0.1) is 0 Å². The average molecular weight is 713 g/mol. The van der Waals surface area contributed by atoms with Crippen molar-refractivity contribution in [2.45, 2.75) is 96.5 Å². The van der Waals surface area contributed by atoms with E-state index in [-0.39, 0.29) is 55.2 Å². The van der Waals surface area contributed by atoms with Crippen LogP contribution >= 0.6 is 0 Å². The number of ether oxygens (including phenoxy) is 1. The molecule has 6 heteroatoms. The molecular formula is C32H45NO2Se3. The number of nitrogens with two attached hydrogens (primary N) is 1. The van der Waals surface area contributed by atoms with Crippen LogP contribution < -0.4 is 5.73 Å². The van der Waals surface area contributed by atoms with Crippen LogP contribution in [0.4, 0.5) is 0 Å². The number of rotatable bonds is 4. The van der Waals surface area contributed by atoms with Crippen LogP contribution in [0, 0.1) is 10.8 Å². The molecule has 1 atom stereocenters. The molecular weight excluding hydrogens is 667 g/mol. The summed E-state index contributed by atoms with van der Waals surface area (Å²) in [5.41, 5.74) is 10.8. The van der Waals surface area contributed by atoms with E-state index in [4.69, 9.17) is 10.5 Å². The molecule has 0 fully saturated rings. The van der Waals surface area contributed by atoms with Crippen LogP contribution in [0.3, 0.4) is 0 Å². The van der Waals surface area contributed by atoms with Gasteiger partial charge in [0.05, 0.1) is 0 Å². The molecule has 208 valence electrons. The van der Waals surface area contributed by atoms with E-state index in [0.29, 0.717) is 36.6 Å². The van der Waals surface area contributed by atoms with Crippen LogP contribution in [0.2, 0.25) is 13.4 Å². The predicted octanol–water partition coefficient (Wildman–Crippen LogP) is 7.60. The van der Waals surface area contributed by atoms with Crippen molar-refractivity contribution in [1.29, 1.82) is 0 Å². The van der Waals surface area contributed by atoms with Gasteiger partial charge in [0, 0.05) is 0 Å². The summed E-state index contributed by atoms with van der Waals surface area (Å²) in [7, 11) is 0. The van der Waals surface area contributed by atoms with Crippen molar-refractivity contribution in [3.63, 3.8) is 0 Å². The Morgan fingerprint density at radius 1 is 0.842 bits per heavy atom.